The molecule has 1 saturated heterocycles. The zero-order valence-electron chi connectivity index (χ0n) is 10.6. The predicted octanol–water partition coefficient (Wildman–Crippen LogP) is 2.14. The fourth-order valence-corrected chi connectivity index (χ4v) is 3.75. The van der Waals surface area contributed by atoms with Crippen LogP contribution in [0.15, 0.2) is 23.1 Å². The van der Waals surface area contributed by atoms with Crippen molar-refractivity contribution in [1.29, 1.82) is 0 Å². The van der Waals surface area contributed by atoms with Crippen molar-refractivity contribution >= 4 is 15.5 Å². The highest BCUT2D eigenvalue weighted by Gasteiger charge is 2.20. The molecule has 0 radical (unpaired) electrons. The van der Waals surface area contributed by atoms with Gasteiger partial charge in [-0.15, -0.1) is 0 Å². The molecule has 1 aliphatic rings. The molecular formula is C13H18FNO3S. The van der Waals surface area contributed by atoms with Gasteiger partial charge in [-0.3, -0.25) is 0 Å². The zero-order chi connectivity index (χ0) is 13.9. The Bertz CT molecular complexity index is 539. The zero-order valence-corrected chi connectivity index (χ0v) is 11.5. The van der Waals surface area contributed by atoms with Crippen LogP contribution in [0.3, 0.4) is 0 Å². The maximum Gasteiger partial charge on any atom is 0.180 e. The number of sulfone groups is 1. The Balaban J connectivity index is 1.99. The van der Waals surface area contributed by atoms with Gasteiger partial charge in [0.1, 0.15) is 5.82 Å². The molecule has 1 aliphatic heterocycles. The van der Waals surface area contributed by atoms with Crippen molar-refractivity contribution in [2.45, 2.75) is 36.7 Å². The number of anilines is 1. The number of halogens is 1. The van der Waals surface area contributed by atoms with E-state index in [0.29, 0.717) is 12.8 Å². The van der Waals surface area contributed by atoms with Gasteiger partial charge in [0.2, 0.25) is 0 Å². The van der Waals surface area contributed by atoms with Gasteiger partial charge in [0.05, 0.1) is 22.4 Å². The first-order valence-electron chi connectivity index (χ1n) is 6.38. The van der Waals surface area contributed by atoms with E-state index in [9.17, 15) is 12.8 Å². The monoisotopic (exact) mass is 287 g/mol. The summed E-state index contributed by atoms with van der Waals surface area (Å²) < 4.78 is 42.7. The Morgan fingerprint density at radius 3 is 2.89 bits per heavy atom. The van der Waals surface area contributed by atoms with Gasteiger partial charge < -0.3 is 10.5 Å². The van der Waals surface area contributed by atoms with Crippen LogP contribution in [0.5, 0.6) is 0 Å². The van der Waals surface area contributed by atoms with Crippen molar-refractivity contribution in [1.82, 2.24) is 0 Å². The van der Waals surface area contributed by atoms with Gasteiger partial charge in [0.15, 0.2) is 9.84 Å². The molecule has 0 amide bonds. The second kappa shape index (κ2) is 5.88. The summed E-state index contributed by atoms with van der Waals surface area (Å²) in [5.74, 6) is -0.618. The van der Waals surface area contributed by atoms with Gasteiger partial charge in [0, 0.05) is 6.61 Å². The molecule has 0 spiro atoms. The molecule has 1 aromatic carbocycles. The summed E-state index contributed by atoms with van der Waals surface area (Å²) in [6, 6.07) is 3.42. The average Bonchev–Trinajstić information content (AvgIpc) is 2.85. The van der Waals surface area contributed by atoms with Crippen molar-refractivity contribution in [2.24, 2.45) is 0 Å². The lowest BCUT2D eigenvalue weighted by Gasteiger charge is -2.10. The van der Waals surface area contributed by atoms with Crippen LogP contribution >= 0.6 is 0 Å². The van der Waals surface area contributed by atoms with Gasteiger partial charge in [-0.1, -0.05) is 0 Å². The predicted molar refractivity (Wildman–Crippen MR) is 71.1 cm³/mol. The molecular weight excluding hydrogens is 269 g/mol. The Kier molecular flexibility index (Phi) is 4.42. The Morgan fingerprint density at radius 2 is 2.21 bits per heavy atom. The van der Waals surface area contributed by atoms with Crippen LogP contribution in [0.1, 0.15) is 25.7 Å². The minimum absolute atomic E-state index is 0.0273. The van der Waals surface area contributed by atoms with Crippen LogP contribution in [0.4, 0.5) is 10.1 Å². The van der Waals surface area contributed by atoms with E-state index in [1.807, 2.05) is 0 Å². The van der Waals surface area contributed by atoms with Crippen molar-refractivity contribution in [3.05, 3.63) is 24.0 Å². The van der Waals surface area contributed by atoms with E-state index in [4.69, 9.17) is 10.5 Å². The normalized spacial score (nSPS) is 19.7. The minimum Gasteiger partial charge on any atom is -0.398 e. The number of ether oxygens (including phenoxy) is 1. The van der Waals surface area contributed by atoms with E-state index in [2.05, 4.69) is 0 Å². The third kappa shape index (κ3) is 3.67. The largest absolute Gasteiger partial charge is 0.398 e. The van der Waals surface area contributed by atoms with Crippen molar-refractivity contribution in [2.75, 3.05) is 18.1 Å². The van der Waals surface area contributed by atoms with Crippen LogP contribution in [-0.2, 0) is 14.6 Å². The second-order valence-electron chi connectivity index (χ2n) is 4.78. The molecule has 2 N–H and O–H groups in total. The quantitative estimate of drug-likeness (QED) is 0.842. The molecule has 106 valence electrons. The maximum atomic E-state index is 13.1. The van der Waals surface area contributed by atoms with Crippen LogP contribution in [-0.4, -0.2) is 26.9 Å². The molecule has 1 fully saturated rings. The van der Waals surface area contributed by atoms with Gasteiger partial charge >= 0.3 is 0 Å². The SMILES string of the molecule is Nc1ccc(F)cc1S(=O)(=O)CCCC1CCCO1. The van der Waals surface area contributed by atoms with Crippen LogP contribution in [0.2, 0.25) is 0 Å². The van der Waals surface area contributed by atoms with Gasteiger partial charge in [-0.25, -0.2) is 12.8 Å². The van der Waals surface area contributed by atoms with Crippen molar-refractivity contribution < 1.29 is 17.5 Å². The first kappa shape index (κ1) is 14.3. The van der Waals surface area contributed by atoms with Gasteiger partial charge in [-0.05, 0) is 43.9 Å². The van der Waals surface area contributed by atoms with Crippen LogP contribution in [0.25, 0.3) is 0 Å². The molecule has 4 nitrogen and oxygen atoms in total. The van der Waals surface area contributed by atoms with Crippen molar-refractivity contribution in [3.8, 4) is 0 Å². The standard InChI is InChI=1S/C13H18FNO3S/c14-10-5-6-12(15)13(9-10)19(16,17)8-2-4-11-3-1-7-18-11/h5-6,9,11H,1-4,7-8,15H2. The summed E-state index contributed by atoms with van der Waals surface area (Å²) in [5.41, 5.74) is 5.69. The van der Waals surface area contributed by atoms with E-state index in [1.54, 1.807) is 0 Å². The maximum absolute atomic E-state index is 13.1. The molecule has 1 atom stereocenters. The smallest absolute Gasteiger partial charge is 0.180 e. The summed E-state index contributed by atoms with van der Waals surface area (Å²) in [6.07, 6.45) is 3.41. The highest BCUT2D eigenvalue weighted by atomic mass is 32.2. The minimum atomic E-state index is -3.53. The molecule has 0 bridgehead atoms. The lowest BCUT2D eigenvalue weighted by atomic mass is 10.1. The van der Waals surface area contributed by atoms with Gasteiger partial charge in [-0.2, -0.15) is 0 Å². The summed E-state index contributed by atoms with van der Waals surface area (Å²) in [7, 11) is -3.53. The average molecular weight is 287 g/mol. The number of hydrogen-bond donors (Lipinski definition) is 1. The molecule has 1 aromatic rings. The topological polar surface area (TPSA) is 69.4 Å². The molecule has 0 aliphatic carbocycles. The number of rotatable bonds is 5. The third-order valence-corrected chi connectivity index (χ3v) is 5.12. The number of nitrogens with two attached hydrogens (primary N) is 1. The third-order valence-electron chi connectivity index (χ3n) is 3.27. The molecule has 1 unspecified atom stereocenters. The lowest BCUT2D eigenvalue weighted by molar-refractivity contribution is 0.104. The molecule has 19 heavy (non-hydrogen) atoms. The Labute approximate surface area is 112 Å². The number of nitrogen functional groups attached to an aromatic ring is 1. The van der Waals surface area contributed by atoms with E-state index >= 15 is 0 Å². The van der Waals surface area contributed by atoms with Gasteiger partial charge in [0.25, 0.3) is 0 Å². The van der Waals surface area contributed by atoms with E-state index < -0.39 is 15.7 Å². The highest BCUT2D eigenvalue weighted by Crippen LogP contribution is 2.23. The molecule has 6 heteroatoms. The van der Waals surface area contributed by atoms with E-state index in [0.717, 1.165) is 31.6 Å². The Morgan fingerprint density at radius 1 is 1.42 bits per heavy atom. The lowest BCUT2D eigenvalue weighted by Crippen LogP contribution is -2.13. The first-order valence-corrected chi connectivity index (χ1v) is 8.03. The number of hydrogen-bond acceptors (Lipinski definition) is 4. The van der Waals surface area contributed by atoms with E-state index in [1.165, 1.54) is 6.07 Å². The molecule has 0 saturated carbocycles. The Hall–Kier alpha value is -1.14. The highest BCUT2D eigenvalue weighted by molar-refractivity contribution is 7.91. The fourth-order valence-electron chi connectivity index (χ4n) is 2.26. The summed E-state index contributed by atoms with van der Waals surface area (Å²) in [6.45, 7) is 0.758. The summed E-state index contributed by atoms with van der Waals surface area (Å²) in [4.78, 5) is -0.111. The fraction of sp³-hybridized carbons (Fsp3) is 0.538. The molecule has 0 aromatic heterocycles. The van der Waals surface area contributed by atoms with E-state index in [-0.39, 0.29) is 22.4 Å². The summed E-state index contributed by atoms with van der Waals surface area (Å²) >= 11 is 0. The van der Waals surface area contributed by atoms with Crippen molar-refractivity contribution in [3.63, 3.8) is 0 Å². The summed E-state index contributed by atoms with van der Waals surface area (Å²) in [5, 5.41) is 0. The van der Waals surface area contributed by atoms with Crippen LogP contribution < -0.4 is 5.73 Å². The van der Waals surface area contributed by atoms with Crippen LogP contribution in [0, 0.1) is 5.82 Å². The molecule has 1 heterocycles. The number of benzene rings is 1. The molecule has 2 rings (SSSR count). The first-order chi connectivity index (χ1) is 8.99. The second-order valence-corrected chi connectivity index (χ2v) is 6.86.